The number of pyridine rings is 4. The molecule has 0 saturated carbocycles. The van der Waals surface area contributed by atoms with Crippen LogP contribution in [0.1, 0.15) is 0 Å². The van der Waals surface area contributed by atoms with Crippen LogP contribution in [0, 0.1) is 0 Å². The molecule has 3 aromatic carbocycles. The van der Waals surface area contributed by atoms with E-state index in [2.05, 4.69) is 34.2 Å². The topological polar surface area (TPSA) is 90.2 Å². The van der Waals surface area contributed by atoms with Gasteiger partial charge in [0.05, 0.1) is 22.8 Å². The molecule has 0 aliphatic heterocycles. The molecule has 7 nitrogen and oxygen atoms in total. The predicted molar refractivity (Wildman–Crippen MR) is 189 cm³/mol. The van der Waals surface area contributed by atoms with Gasteiger partial charge in [0.2, 0.25) is 0 Å². The highest BCUT2D eigenvalue weighted by Crippen LogP contribution is 2.32. The number of benzene rings is 3. The Morgan fingerprint density at radius 2 is 0.667 bits per heavy atom. The minimum atomic E-state index is 0.596. The molecule has 5 aromatic heterocycles. The number of hydrogen-bond acceptors (Lipinski definition) is 7. The first-order valence-corrected chi connectivity index (χ1v) is 15.5. The van der Waals surface area contributed by atoms with Gasteiger partial charge >= 0.3 is 0 Å². The van der Waals surface area contributed by atoms with Crippen LogP contribution in [0.5, 0.6) is 0 Å². The summed E-state index contributed by atoms with van der Waals surface area (Å²) < 4.78 is 0. The van der Waals surface area contributed by atoms with Gasteiger partial charge in [-0.15, -0.1) is 0 Å². The molecule has 8 aromatic rings. The Kier molecular flexibility index (Phi) is 7.74. The molecular formula is C41H27N7. The van der Waals surface area contributed by atoms with Gasteiger partial charge < -0.3 is 0 Å². The van der Waals surface area contributed by atoms with E-state index in [0.29, 0.717) is 17.5 Å². The first-order chi connectivity index (χ1) is 23.8. The van der Waals surface area contributed by atoms with Crippen molar-refractivity contribution in [2.24, 2.45) is 0 Å². The molecule has 0 amide bonds. The average molecular weight is 618 g/mol. The summed E-state index contributed by atoms with van der Waals surface area (Å²) in [4.78, 5) is 33.2. The molecule has 226 valence electrons. The van der Waals surface area contributed by atoms with Crippen LogP contribution in [0.3, 0.4) is 0 Å². The second-order valence-corrected chi connectivity index (χ2v) is 11.1. The second kappa shape index (κ2) is 12.9. The van der Waals surface area contributed by atoms with Gasteiger partial charge in [-0.1, -0.05) is 84.9 Å². The van der Waals surface area contributed by atoms with Crippen molar-refractivity contribution in [3.05, 3.63) is 164 Å². The molecule has 7 heteroatoms. The second-order valence-electron chi connectivity index (χ2n) is 11.1. The summed E-state index contributed by atoms with van der Waals surface area (Å²) in [7, 11) is 0. The van der Waals surface area contributed by atoms with Crippen molar-refractivity contribution < 1.29 is 0 Å². The summed E-state index contributed by atoms with van der Waals surface area (Å²) in [6.45, 7) is 0. The first kappa shape index (κ1) is 28.7. The smallest absolute Gasteiger partial charge is 0.164 e. The molecular weight excluding hydrogens is 591 g/mol. The van der Waals surface area contributed by atoms with E-state index in [1.807, 2.05) is 115 Å². The first-order valence-electron chi connectivity index (χ1n) is 15.5. The standard InChI is InChI=1S/C41H27N7/c1-3-9-30(10-4-1)39-46-40(31-11-5-2-6-12-31)48-41(47-39)33-14-7-13-32(25-33)35-15-8-16-36(44-35)34-26-37(28-17-21-42-22-18-28)45-38(27-34)29-19-23-43-24-20-29/h1-27H. The lowest BCUT2D eigenvalue weighted by Gasteiger charge is -2.11. The Labute approximate surface area is 277 Å². The lowest BCUT2D eigenvalue weighted by molar-refractivity contribution is 1.07. The zero-order valence-corrected chi connectivity index (χ0v) is 25.7. The van der Waals surface area contributed by atoms with E-state index in [4.69, 9.17) is 24.9 Å². The van der Waals surface area contributed by atoms with Crippen LogP contribution >= 0.6 is 0 Å². The quantitative estimate of drug-likeness (QED) is 0.176. The van der Waals surface area contributed by atoms with Gasteiger partial charge in [-0.2, -0.15) is 0 Å². The van der Waals surface area contributed by atoms with Crippen molar-refractivity contribution in [1.82, 2.24) is 34.9 Å². The molecule has 5 heterocycles. The Balaban J connectivity index is 1.21. The van der Waals surface area contributed by atoms with Gasteiger partial charge in [0.15, 0.2) is 17.5 Å². The van der Waals surface area contributed by atoms with Crippen molar-refractivity contribution >= 4 is 0 Å². The highest BCUT2D eigenvalue weighted by Gasteiger charge is 2.14. The van der Waals surface area contributed by atoms with E-state index in [9.17, 15) is 0 Å². The molecule has 48 heavy (non-hydrogen) atoms. The fraction of sp³-hybridized carbons (Fsp3) is 0. The predicted octanol–water partition coefficient (Wildman–Crippen LogP) is 9.12. The van der Waals surface area contributed by atoms with Gasteiger partial charge in [0.1, 0.15) is 0 Å². The summed E-state index contributed by atoms with van der Waals surface area (Å²) in [6.07, 6.45) is 7.11. The van der Waals surface area contributed by atoms with Crippen LogP contribution in [0.2, 0.25) is 0 Å². The number of aromatic nitrogens is 7. The molecule has 0 atom stereocenters. The van der Waals surface area contributed by atoms with E-state index >= 15 is 0 Å². The van der Waals surface area contributed by atoms with Crippen molar-refractivity contribution in [3.63, 3.8) is 0 Å². The van der Waals surface area contributed by atoms with Crippen LogP contribution in [-0.4, -0.2) is 34.9 Å². The third-order valence-electron chi connectivity index (χ3n) is 7.94. The van der Waals surface area contributed by atoms with Gasteiger partial charge in [-0.3, -0.25) is 9.97 Å². The maximum Gasteiger partial charge on any atom is 0.164 e. The number of nitrogens with zero attached hydrogens (tertiary/aromatic N) is 7. The molecule has 0 saturated heterocycles. The maximum absolute atomic E-state index is 5.14. The Hall–Kier alpha value is -6.73. The van der Waals surface area contributed by atoms with Crippen molar-refractivity contribution in [3.8, 4) is 79.2 Å². The average Bonchev–Trinajstić information content (AvgIpc) is 3.19. The molecule has 0 N–H and O–H groups in total. The summed E-state index contributed by atoms with van der Waals surface area (Å²) in [5.74, 6) is 1.84. The fourth-order valence-corrected chi connectivity index (χ4v) is 5.53. The third kappa shape index (κ3) is 6.08. The minimum Gasteiger partial charge on any atom is -0.265 e. The molecule has 0 spiro atoms. The van der Waals surface area contributed by atoms with Gasteiger partial charge in [0, 0.05) is 63.7 Å². The van der Waals surface area contributed by atoms with E-state index in [1.165, 1.54) is 0 Å². The van der Waals surface area contributed by atoms with Crippen LogP contribution in [-0.2, 0) is 0 Å². The summed E-state index contributed by atoms with van der Waals surface area (Å²) >= 11 is 0. The number of hydrogen-bond donors (Lipinski definition) is 0. The summed E-state index contributed by atoms with van der Waals surface area (Å²) in [6, 6.07) is 46.3. The molecule has 0 aliphatic rings. The summed E-state index contributed by atoms with van der Waals surface area (Å²) in [5.41, 5.74) is 9.96. The molecule has 0 aliphatic carbocycles. The van der Waals surface area contributed by atoms with E-state index < -0.39 is 0 Å². The highest BCUT2D eigenvalue weighted by atomic mass is 15.0. The lowest BCUT2D eigenvalue weighted by atomic mass is 10.0. The maximum atomic E-state index is 5.14. The summed E-state index contributed by atoms with van der Waals surface area (Å²) in [5, 5.41) is 0. The SMILES string of the molecule is c1ccc(-c2nc(-c3ccccc3)nc(-c3cccc(-c4cccc(-c5cc(-c6ccncc6)nc(-c6ccncc6)c5)n4)c3)n2)cc1. The zero-order valence-electron chi connectivity index (χ0n) is 25.7. The van der Waals surface area contributed by atoms with Crippen molar-refractivity contribution in [2.45, 2.75) is 0 Å². The Morgan fingerprint density at radius 1 is 0.250 bits per heavy atom. The van der Waals surface area contributed by atoms with Crippen LogP contribution in [0.4, 0.5) is 0 Å². The Morgan fingerprint density at radius 3 is 1.21 bits per heavy atom. The normalized spacial score (nSPS) is 10.9. The van der Waals surface area contributed by atoms with Gasteiger partial charge in [-0.05, 0) is 54.6 Å². The number of rotatable bonds is 7. The minimum absolute atomic E-state index is 0.596. The van der Waals surface area contributed by atoms with E-state index in [0.717, 1.165) is 61.7 Å². The van der Waals surface area contributed by atoms with Crippen LogP contribution < -0.4 is 0 Å². The lowest BCUT2D eigenvalue weighted by Crippen LogP contribution is -2.00. The molecule has 8 rings (SSSR count). The zero-order chi connectivity index (χ0) is 32.1. The van der Waals surface area contributed by atoms with Crippen LogP contribution in [0.15, 0.2) is 164 Å². The monoisotopic (exact) mass is 617 g/mol. The third-order valence-corrected chi connectivity index (χ3v) is 7.94. The molecule has 0 unspecified atom stereocenters. The molecule has 0 fully saturated rings. The van der Waals surface area contributed by atoms with E-state index in [1.54, 1.807) is 24.8 Å². The highest BCUT2D eigenvalue weighted by molar-refractivity contribution is 5.77. The van der Waals surface area contributed by atoms with Crippen molar-refractivity contribution in [1.29, 1.82) is 0 Å². The van der Waals surface area contributed by atoms with E-state index in [-0.39, 0.29) is 0 Å². The molecule has 0 bridgehead atoms. The van der Waals surface area contributed by atoms with Gasteiger partial charge in [-0.25, -0.2) is 24.9 Å². The largest absolute Gasteiger partial charge is 0.265 e. The Bertz CT molecular complexity index is 2050. The van der Waals surface area contributed by atoms with Crippen molar-refractivity contribution in [2.75, 3.05) is 0 Å². The molecule has 0 radical (unpaired) electrons. The van der Waals surface area contributed by atoms with Crippen LogP contribution in [0.25, 0.3) is 79.2 Å². The fourth-order valence-electron chi connectivity index (χ4n) is 5.53. The van der Waals surface area contributed by atoms with Gasteiger partial charge in [0.25, 0.3) is 0 Å².